The van der Waals surface area contributed by atoms with Crippen LogP contribution in [0.15, 0.2) is 6.20 Å². The highest BCUT2D eigenvalue weighted by molar-refractivity contribution is 5.75. The van der Waals surface area contributed by atoms with Crippen molar-refractivity contribution in [1.82, 2.24) is 15.1 Å². The van der Waals surface area contributed by atoms with E-state index in [4.69, 9.17) is 4.74 Å². The molecule has 0 saturated carbocycles. The summed E-state index contributed by atoms with van der Waals surface area (Å²) in [5.74, 6) is -0.161. The summed E-state index contributed by atoms with van der Waals surface area (Å²) in [4.78, 5) is 11.8. The molecule has 0 saturated heterocycles. The van der Waals surface area contributed by atoms with Crippen LogP contribution in [0, 0.1) is 0 Å². The van der Waals surface area contributed by atoms with Crippen LogP contribution in [0.5, 0.6) is 0 Å². The Kier molecular flexibility index (Phi) is 6.56. The molecule has 0 aliphatic carbocycles. The third-order valence-electron chi connectivity index (χ3n) is 3.01. The molecule has 0 aliphatic heterocycles. The number of carbonyl (C=O) groups excluding carboxylic acids is 1. The molecule has 1 N–H and O–H groups in total. The molecule has 19 heavy (non-hydrogen) atoms. The van der Waals surface area contributed by atoms with Crippen LogP contribution in [0.4, 0.5) is 0 Å². The first-order valence-corrected chi connectivity index (χ1v) is 7.03. The van der Waals surface area contributed by atoms with Crippen LogP contribution in [0.25, 0.3) is 0 Å². The Bertz CT molecular complexity index is 401. The zero-order chi connectivity index (χ0) is 14.3. The number of carbonyl (C=O) groups is 1. The molecule has 0 aliphatic rings. The lowest BCUT2D eigenvalue weighted by Gasteiger charge is -2.16. The lowest BCUT2D eigenvalue weighted by atomic mass is 10.1. The molecule has 1 heterocycles. The van der Waals surface area contributed by atoms with E-state index in [1.54, 1.807) is 0 Å². The summed E-state index contributed by atoms with van der Waals surface area (Å²) in [6.07, 6.45) is 4.64. The van der Waals surface area contributed by atoms with Gasteiger partial charge in [0.15, 0.2) is 0 Å². The van der Waals surface area contributed by atoms with E-state index in [2.05, 4.69) is 24.3 Å². The van der Waals surface area contributed by atoms with Gasteiger partial charge in [-0.2, -0.15) is 5.10 Å². The fourth-order valence-electron chi connectivity index (χ4n) is 2.10. The van der Waals surface area contributed by atoms with Crippen LogP contribution >= 0.6 is 0 Å². The molecule has 1 aromatic heterocycles. The minimum atomic E-state index is -0.227. The number of hydrogen-bond acceptors (Lipinski definition) is 4. The Morgan fingerprint density at radius 3 is 2.79 bits per heavy atom. The number of aryl methyl sites for hydroxylation is 2. The van der Waals surface area contributed by atoms with Gasteiger partial charge >= 0.3 is 5.97 Å². The van der Waals surface area contributed by atoms with Crippen LogP contribution in [-0.2, 0) is 29.5 Å². The number of aromatic nitrogens is 2. The Hall–Kier alpha value is -1.36. The molecule has 1 unspecified atom stereocenters. The number of nitrogens with one attached hydrogen (secondary N) is 1. The predicted molar refractivity (Wildman–Crippen MR) is 74.8 cm³/mol. The second-order valence-electron chi connectivity index (χ2n) is 4.60. The molecule has 0 bridgehead atoms. The van der Waals surface area contributed by atoms with Gasteiger partial charge in [0.05, 0.1) is 12.3 Å². The molecule has 0 fully saturated rings. The van der Waals surface area contributed by atoms with Gasteiger partial charge in [-0.1, -0.05) is 20.3 Å². The standard InChI is InChI=1S/C14H25N3O2/c1-5-8-13(14(18)19-7-3)15-9-11-10-17(4)16-12(11)6-2/h10,13,15H,5-9H2,1-4H3. The van der Waals surface area contributed by atoms with Crippen molar-refractivity contribution in [3.63, 3.8) is 0 Å². The topological polar surface area (TPSA) is 56.2 Å². The van der Waals surface area contributed by atoms with Crippen molar-refractivity contribution in [1.29, 1.82) is 0 Å². The monoisotopic (exact) mass is 267 g/mol. The van der Waals surface area contributed by atoms with Crippen molar-refractivity contribution in [2.24, 2.45) is 7.05 Å². The predicted octanol–water partition coefficient (Wildman–Crippen LogP) is 1.80. The van der Waals surface area contributed by atoms with Crippen LogP contribution in [0.2, 0.25) is 0 Å². The van der Waals surface area contributed by atoms with Crippen LogP contribution in [0.1, 0.15) is 44.9 Å². The van der Waals surface area contributed by atoms with E-state index in [-0.39, 0.29) is 12.0 Å². The maximum absolute atomic E-state index is 11.8. The van der Waals surface area contributed by atoms with Gasteiger partial charge < -0.3 is 10.1 Å². The fraction of sp³-hybridized carbons (Fsp3) is 0.714. The van der Waals surface area contributed by atoms with Crippen molar-refractivity contribution >= 4 is 5.97 Å². The van der Waals surface area contributed by atoms with Crippen molar-refractivity contribution in [2.45, 2.75) is 52.6 Å². The average molecular weight is 267 g/mol. The summed E-state index contributed by atoms with van der Waals surface area (Å²) in [7, 11) is 1.91. The van der Waals surface area contributed by atoms with Gasteiger partial charge in [0.2, 0.25) is 0 Å². The maximum atomic E-state index is 11.8. The molecule has 0 spiro atoms. The largest absolute Gasteiger partial charge is 0.465 e. The number of ether oxygens (including phenoxy) is 1. The normalized spacial score (nSPS) is 12.4. The highest BCUT2D eigenvalue weighted by Crippen LogP contribution is 2.08. The van der Waals surface area contributed by atoms with Crippen LogP contribution in [-0.4, -0.2) is 28.4 Å². The van der Waals surface area contributed by atoms with E-state index in [1.165, 1.54) is 0 Å². The first-order valence-electron chi connectivity index (χ1n) is 7.03. The van der Waals surface area contributed by atoms with Crippen molar-refractivity contribution in [3.8, 4) is 0 Å². The Morgan fingerprint density at radius 2 is 2.21 bits per heavy atom. The van der Waals surface area contributed by atoms with E-state index in [0.717, 1.165) is 30.5 Å². The first kappa shape index (κ1) is 15.7. The summed E-state index contributed by atoms with van der Waals surface area (Å²) >= 11 is 0. The smallest absolute Gasteiger partial charge is 0.323 e. The zero-order valence-corrected chi connectivity index (χ0v) is 12.4. The summed E-state index contributed by atoms with van der Waals surface area (Å²) < 4.78 is 6.90. The van der Waals surface area contributed by atoms with E-state index in [1.807, 2.05) is 24.9 Å². The lowest BCUT2D eigenvalue weighted by molar-refractivity contribution is -0.145. The fourth-order valence-corrected chi connectivity index (χ4v) is 2.10. The molecule has 1 rings (SSSR count). The summed E-state index contributed by atoms with van der Waals surface area (Å²) in [6, 6.07) is -0.227. The van der Waals surface area contributed by atoms with Crippen LogP contribution < -0.4 is 5.32 Å². The second-order valence-corrected chi connectivity index (χ2v) is 4.60. The zero-order valence-electron chi connectivity index (χ0n) is 12.4. The Balaban J connectivity index is 2.62. The number of nitrogens with zero attached hydrogens (tertiary/aromatic N) is 2. The Morgan fingerprint density at radius 1 is 1.47 bits per heavy atom. The molecule has 0 aromatic carbocycles. The highest BCUT2D eigenvalue weighted by Gasteiger charge is 2.18. The minimum absolute atomic E-state index is 0.161. The average Bonchev–Trinajstić information content (AvgIpc) is 2.75. The Labute approximate surface area is 115 Å². The number of rotatable bonds is 8. The first-order chi connectivity index (χ1) is 9.12. The van der Waals surface area contributed by atoms with E-state index >= 15 is 0 Å². The molecule has 1 aromatic rings. The molecule has 0 radical (unpaired) electrons. The number of hydrogen-bond donors (Lipinski definition) is 1. The molecule has 0 amide bonds. The molecule has 5 nitrogen and oxygen atoms in total. The summed E-state index contributed by atoms with van der Waals surface area (Å²) in [6.45, 7) is 7.06. The molecule has 108 valence electrons. The van der Waals surface area contributed by atoms with Crippen molar-refractivity contribution < 1.29 is 9.53 Å². The maximum Gasteiger partial charge on any atom is 0.323 e. The van der Waals surface area contributed by atoms with Crippen molar-refractivity contribution in [3.05, 3.63) is 17.5 Å². The van der Waals surface area contributed by atoms with Gasteiger partial charge in [0.25, 0.3) is 0 Å². The summed E-state index contributed by atoms with van der Waals surface area (Å²) in [5.41, 5.74) is 2.23. The number of esters is 1. The SMILES string of the molecule is CCCC(NCc1cn(C)nc1CC)C(=O)OCC. The molecular weight excluding hydrogens is 242 g/mol. The lowest BCUT2D eigenvalue weighted by Crippen LogP contribution is -2.37. The van der Waals surface area contributed by atoms with Gasteiger partial charge in [0, 0.05) is 25.4 Å². The molecule has 5 heteroatoms. The quantitative estimate of drug-likeness (QED) is 0.730. The van der Waals surface area contributed by atoms with E-state index < -0.39 is 0 Å². The van der Waals surface area contributed by atoms with Crippen LogP contribution in [0.3, 0.4) is 0 Å². The highest BCUT2D eigenvalue weighted by atomic mass is 16.5. The van der Waals surface area contributed by atoms with Gasteiger partial charge in [-0.15, -0.1) is 0 Å². The minimum Gasteiger partial charge on any atom is -0.465 e. The molecular formula is C14H25N3O2. The summed E-state index contributed by atoms with van der Waals surface area (Å²) in [5, 5.41) is 7.68. The molecule has 1 atom stereocenters. The third-order valence-corrected chi connectivity index (χ3v) is 3.01. The second kappa shape index (κ2) is 7.94. The van der Waals surface area contributed by atoms with Gasteiger partial charge in [-0.25, -0.2) is 0 Å². The van der Waals surface area contributed by atoms with Crippen molar-refractivity contribution in [2.75, 3.05) is 6.61 Å². The van der Waals surface area contributed by atoms with Gasteiger partial charge in [-0.05, 0) is 19.8 Å². The van der Waals surface area contributed by atoms with E-state index in [0.29, 0.717) is 13.2 Å². The van der Waals surface area contributed by atoms with Gasteiger partial charge in [0.1, 0.15) is 6.04 Å². The van der Waals surface area contributed by atoms with E-state index in [9.17, 15) is 4.79 Å². The van der Waals surface area contributed by atoms with Gasteiger partial charge in [-0.3, -0.25) is 9.48 Å². The third kappa shape index (κ3) is 4.67.